The van der Waals surface area contributed by atoms with Crippen LogP contribution in [0.15, 0.2) is 84.9 Å². The first-order valence-electron chi connectivity index (χ1n) is 9.32. The summed E-state index contributed by atoms with van der Waals surface area (Å²) >= 11 is 0. The number of benzene rings is 3. The molecule has 4 rings (SSSR count). The molecule has 0 atom stereocenters. The molecule has 1 saturated carbocycles. The van der Waals surface area contributed by atoms with Crippen LogP contribution in [-0.2, 0) is 10.2 Å². The van der Waals surface area contributed by atoms with Gasteiger partial charge in [-0.25, -0.2) is 4.39 Å². The quantitative estimate of drug-likeness (QED) is 0.673. The summed E-state index contributed by atoms with van der Waals surface area (Å²) in [6, 6.07) is 26.4. The third kappa shape index (κ3) is 3.77. The van der Waals surface area contributed by atoms with Crippen molar-refractivity contribution in [3.63, 3.8) is 0 Å². The molecule has 0 aliphatic heterocycles. The van der Waals surface area contributed by atoms with Gasteiger partial charge in [-0.2, -0.15) is 0 Å². The first-order chi connectivity index (χ1) is 13.2. The van der Waals surface area contributed by atoms with Crippen molar-refractivity contribution in [2.75, 3.05) is 6.54 Å². The fraction of sp³-hybridized carbons (Fsp3) is 0.208. The maximum absolute atomic E-state index is 13.2. The lowest BCUT2D eigenvalue weighted by molar-refractivity contribution is -0.121. The zero-order chi connectivity index (χ0) is 18.7. The number of halogens is 1. The molecule has 0 aromatic heterocycles. The highest BCUT2D eigenvalue weighted by Gasteiger charge is 2.44. The van der Waals surface area contributed by atoms with Gasteiger partial charge in [0.15, 0.2) is 0 Å². The summed E-state index contributed by atoms with van der Waals surface area (Å²) in [5, 5.41) is 3.16. The maximum atomic E-state index is 13.2. The van der Waals surface area contributed by atoms with Crippen molar-refractivity contribution < 1.29 is 9.18 Å². The minimum Gasteiger partial charge on any atom is -0.354 e. The Morgan fingerprint density at radius 1 is 0.852 bits per heavy atom. The molecule has 3 heteroatoms. The minimum absolute atomic E-state index is 0.000728. The highest BCUT2D eigenvalue weighted by Crippen LogP contribution is 2.47. The van der Waals surface area contributed by atoms with Gasteiger partial charge in [-0.05, 0) is 41.7 Å². The van der Waals surface area contributed by atoms with Gasteiger partial charge in [-0.1, -0.05) is 72.8 Å². The normalized spacial score (nSPS) is 14.7. The molecule has 1 N–H and O–H groups in total. The number of carbonyl (C=O) groups is 1. The van der Waals surface area contributed by atoms with E-state index in [1.807, 2.05) is 72.8 Å². The minimum atomic E-state index is -0.337. The Hall–Kier alpha value is -2.94. The third-order valence-electron chi connectivity index (χ3n) is 5.44. The second-order valence-corrected chi connectivity index (χ2v) is 7.26. The van der Waals surface area contributed by atoms with Gasteiger partial charge >= 0.3 is 0 Å². The molecule has 1 aliphatic rings. The number of hydrogen-bond acceptors (Lipinski definition) is 1. The first-order valence-corrected chi connectivity index (χ1v) is 9.32. The van der Waals surface area contributed by atoms with Gasteiger partial charge in [0.25, 0.3) is 0 Å². The van der Waals surface area contributed by atoms with Crippen molar-refractivity contribution in [2.24, 2.45) is 0 Å². The summed E-state index contributed by atoms with van der Waals surface area (Å²) in [5.74, 6) is -0.566. The SMILES string of the molecule is O=C(NCC1(c2ccc(F)cc2)CC1)C(c1ccccc1)c1ccccc1. The molecule has 0 bridgehead atoms. The van der Waals surface area contributed by atoms with Crippen LogP contribution in [0.1, 0.15) is 35.4 Å². The second-order valence-electron chi connectivity index (χ2n) is 7.26. The van der Waals surface area contributed by atoms with Crippen LogP contribution in [0.2, 0.25) is 0 Å². The molecule has 0 heterocycles. The summed E-state index contributed by atoms with van der Waals surface area (Å²) in [7, 11) is 0. The Labute approximate surface area is 159 Å². The summed E-state index contributed by atoms with van der Waals surface area (Å²) < 4.78 is 13.2. The van der Waals surface area contributed by atoms with Gasteiger partial charge in [-0.15, -0.1) is 0 Å². The first kappa shape index (κ1) is 17.5. The van der Waals surface area contributed by atoms with Crippen LogP contribution in [0.5, 0.6) is 0 Å². The van der Waals surface area contributed by atoms with E-state index in [1.54, 1.807) is 0 Å². The van der Waals surface area contributed by atoms with Crippen molar-refractivity contribution in [1.82, 2.24) is 5.32 Å². The number of amides is 1. The molecule has 3 aromatic rings. The van der Waals surface area contributed by atoms with E-state index >= 15 is 0 Å². The molecular weight excluding hydrogens is 337 g/mol. The fourth-order valence-corrected chi connectivity index (χ4v) is 3.67. The number of carbonyl (C=O) groups excluding carboxylic acids is 1. The Morgan fingerprint density at radius 3 is 1.85 bits per heavy atom. The molecule has 2 nitrogen and oxygen atoms in total. The standard InChI is InChI=1S/C24H22FNO/c25-21-13-11-20(12-14-21)24(15-16-24)17-26-23(27)22(18-7-3-1-4-8-18)19-9-5-2-6-10-19/h1-14,22H,15-17H2,(H,26,27). The summed E-state index contributed by atoms with van der Waals surface area (Å²) in [6.07, 6.45) is 2.03. The van der Waals surface area contributed by atoms with Gasteiger partial charge in [-0.3, -0.25) is 4.79 Å². The summed E-state index contributed by atoms with van der Waals surface area (Å²) in [6.45, 7) is 0.577. The monoisotopic (exact) mass is 359 g/mol. The van der Waals surface area contributed by atoms with E-state index in [0.717, 1.165) is 29.5 Å². The fourth-order valence-electron chi connectivity index (χ4n) is 3.67. The van der Waals surface area contributed by atoms with Crippen LogP contribution in [-0.4, -0.2) is 12.5 Å². The van der Waals surface area contributed by atoms with E-state index in [9.17, 15) is 9.18 Å². The third-order valence-corrected chi connectivity index (χ3v) is 5.44. The van der Waals surface area contributed by atoms with Gasteiger partial charge in [0.05, 0.1) is 5.92 Å². The molecule has 0 unspecified atom stereocenters. The van der Waals surface area contributed by atoms with Crippen LogP contribution < -0.4 is 5.32 Å². The molecule has 1 aliphatic carbocycles. The molecule has 1 amide bonds. The van der Waals surface area contributed by atoms with Crippen LogP contribution in [0, 0.1) is 5.82 Å². The Balaban J connectivity index is 1.53. The topological polar surface area (TPSA) is 29.1 Å². The predicted octanol–water partition coefficient (Wildman–Crippen LogP) is 4.81. The smallest absolute Gasteiger partial charge is 0.232 e. The van der Waals surface area contributed by atoms with Crippen LogP contribution >= 0.6 is 0 Å². The molecule has 0 saturated heterocycles. The summed E-state index contributed by atoms with van der Waals surface area (Å²) in [5.41, 5.74) is 3.00. The molecule has 1 fully saturated rings. The number of rotatable bonds is 6. The van der Waals surface area contributed by atoms with Crippen molar-refractivity contribution >= 4 is 5.91 Å². The van der Waals surface area contributed by atoms with Gasteiger partial charge in [0.1, 0.15) is 5.82 Å². The highest BCUT2D eigenvalue weighted by molar-refractivity contribution is 5.87. The van der Waals surface area contributed by atoms with Crippen molar-refractivity contribution in [2.45, 2.75) is 24.2 Å². The molecule has 136 valence electrons. The van der Waals surface area contributed by atoms with E-state index < -0.39 is 0 Å². The maximum Gasteiger partial charge on any atom is 0.232 e. The van der Waals surface area contributed by atoms with Gasteiger partial charge in [0.2, 0.25) is 5.91 Å². The van der Waals surface area contributed by atoms with Gasteiger partial charge in [0, 0.05) is 12.0 Å². The zero-order valence-corrected chi connectivity index (χ0v) is 15.1. The average molecular weight is 359 g/mol. The second kappa shape index (κ2) is 7.36. The Morgan fingerprint density at radius 2 is 1.37 bits per heavy atom. The van der Waals surface area contributed by atoms with Crippen LogP contribution in [0.4, 0.5) is 4.39 Å². The molecule has 3 aromatic carbocycles. The number of hydrogen-bond donors (Lipinski definition) is 1. The lowest BCUT2D eigenvalue weighted by Gasteiger charge is -2.21. The van der Waals surface area contributed by atoms with Crippen molar-refractivity contribution in [3.8, 4) is 0 Å². The van der Waals surface area contributed by atoms with Crippen molar-refractivity contribution in [1.29, 1.82) is 0 Å². The molecular formula is C24H22FNO. The van der Waals surface area contributed by atoms with E-state index in [0.29, 0.717) is 6.54 Å². The Kier molecular flexibility index (Phi) is 4.76. The molecule has 0 radical (unpaired) electrons. The predicted molar refractivity (Wildman–Crippen MR) is 105 cm³/mol. The van der Waals surface area contributed by atoms with E-state index in [2.05, 4.69) is 5.32 Å². The lowest BCUT2D eigenvalue weighted by atomic mass is 9.90. The van der Waals surface area contributed by atoms with E-state index in [1.165, 1.54) is 12.1 Å². The molecule has 0 spiro atoms. The van der Waals surface area contributed by atoms with Crippen LogP contribution in [0.3, 0.4) is 0 Å². The highest BCUT2D eigenvalue weighted by atomic mass is 19.1. The zero-order valence-electron chi connectivity index (χ0n) is 15.1. The molecule has 27 heavy (non-hydrogen) atoms. The van der Waals surface area contributed by atoms with Crippen LogP contribution in [0.25, 0.3) is 0 Å². The average Bonchev–Trinajstić information content (AvgIpc) is 3.50. The van der Waals surface area contributed by atoms with E-state index in [4.69, 9.17) is 0 Å². The largest absolute Gasteiger partial charge is 0.354 e. The number of nitrogens with one attached hydrogen (secondary N) is 1. The Bertz CT molecular complexity index is 863. The summed E-state index contributed by atoms with van der Waals surface area (Å²) in [4.78, 5) is 13.1. The van der Waals surface area contributed by atoms with Gasteiger partial charge < -0.3 is 5.32 Å². The van der Waals surface area contributed by atoms with Crippen molar-refractivity contribution in [3.05, 3.63) is 107 Å². The lowest BCUT2D eigenvalue weighted by Crippen LogP contribution is -2.36. The van der Waals surface area contributed by atoms with E-state index in [-0.39, 0.29) is 23.1 Å².